The van der Waals surface area contributed by atoms with Gasteiger partial charge in [0.1, 0.15) is 0 Å². The van der Waals surface area contributed by atoms with E-state index in [1.807, 2.05) is 12.3 Å². The number of carboxylic acid groups (broad SMARTS) is 2. The van der Waals surface area contributed by atoms with Gasteiger partial charge >= 0.3 is 24.3 Å². The minimum atomic E-state index is -5.08. The molecule has 8 nitrogen and oxygen atoms in total. The van der Waals surface area contributed by atoms with Crippen LogP contribution in [0.5, 0.6) is 0 Å². The summed E-state index contributed by atoms with van der Waals surface area (Å²) < 4.78 is 69.5. The van der Waals surface area contributed by atoms with Gasteiger partial charge in [0.25, 0.3) is 0 Å². The number of likely N-dealkylation sites (tertiary alicyclic amines) is 1. The molecule has 2 fully saturated rings. The van der Waals surface area contributed by atoms with Crippen LogP contribution in [0.3, 0.4) is 0 Å². The fraction of sp³-hybridized carbons (Fsp3) is 0.682. The molecule has 2 aliphatic rings. The molecule has 0 bridgehead atoms. The third-order valence-corrected chi connectivity index (χ3v) is 5.54. The number of piperidine rings is 1. The number of pyridine rings is 1. The third-order valence-electron chi connectivity index (χ3n) is 5.54. The Bertz CT molecular complexity index is 799. The number of alkyl halides is 6. The second-order valence-corrected chi connectivity index (χ2v) is 8.86. The van der Waals surface area contributed by atoms with Crippen LogP contribution >= 0.6 is 0 Å². The van der Waals surface area contributed by atoms with E-state index < -0.39 is 24.3 Å². The summed E-state index contributed by atoms with van der Waals surface area (Å²) >= 11 is 0. The van der Waals surface area contributed by atoms with Crippen molar-refractivity contribution in [3.8, 4) is 0 Å². The van der Waals surface area contributed by atoms with Crippen LogP contribution in [0.1, 0.15) is 32.4 Å². The number of hydrogen-bond donors (Lipinski definition) is 2. The molecule has 3 heterocycles. The van der Waals surface area contributed by atoms with Crippen LogP contribution in [-0.4, -0.2) is 94.7 Å². The number of aliphatic carboxylic acids is 2. The van der Waals surface area contributed by atoms with Crippen LogP contribution in [0.25, 0.3) is 0 Å². The Labute approximate surface area is 204 Å². The Morgan fingerprint density at radius 3 is 2.11 bits per heavy atom. The molecule has 14 heteroatoms. The molecule has 1 aromatic heterocycles. The van der Waals surface area contributed by atoms with Crippen molar-refractivity contribution in [1.29, 1.82) is 0 Å². The summed E-state index contributed by atoms with van der Waals surface area (Å²) in [5, 5.41) is 14.2. The molecule has 36 heavy (non-hydrogen) atoms. The van der Waals surface area contributed by atoms with Gasteiger partial charge < -0.3 is 14.9 Å². The second-order valence-electron chi connectivity index (χ2n) is 8.86. The highest BCUT2D eigenvalue weighted by molar-refractivity contribution is 5.73. The number of rotatable bonds is 3. The Balaban J connectivity index is 0.000000383. The zero-order chi connectivity index (χ0) is 27.6. The average molecular weight is 531 g/mol. The largest absolute Gasteiger partial charge is 0.490 e. The Kier molecular flexibility index (Phi) is 12.1. The van der Waals surface area contributed by atoms with Gasteiger partial charge in [-0.2, -0.15) is 26.3 Å². The minimum Gasteiger partial charge on any atom is -0.475 e. The summed E-state index contributed by atoms with van der Waals surface area (Å²) in [7, 11) is 0. The maximum absolute atomic E-state index is 10.6. The van der Waals surface area contributed by atoms with Gasteiger partial charge in [-0.25, -0.2) is 9.59 Å². The number of halogens is 6. The number of carbonyl (C=O) groups is 2. The van der Waals surface area contributed by atoms with Gasteiger partial charge in [0.15, 0.2) is 0 Å². The lowest BCUT2D eigenvalue weighted by Crippen LogP contribution is -2.51. The predicted octanol–water partition coefficient (Wildman–Crippen LogP) is 3.67. The molecule has 2 saturated heterocycles. The van der Waals surface area contributed by atoms with Gasteiger partial charge in [0, 0.05) is 43.8 Å². The monoisotopic (exact) mass is 531 g/mol. The lowest BCUT2D eigenvalue weighted by atomic mass is 9.79. The first kappa shape index (κ1) is 31.6. The summed E-state index contributed by atoms with van der Waals surface area (Å²) in [6.45, 7) is 11.9. The molecule has 0 radical (unpaired) electrons. The fourth-order valence-corrected chi connectivity index (χ4v) is 3.88. The highest BCUT2D eigenvalue weighted by Gasteiger charge is 2.40. The fourth-order valence-electron chi connectivity index (χ4n) is 3.88. The van der Waals surface area contributed by atoms with Crippen LogP contribution in [0.2, 0.25) is 0 Å². The van der Waals surface area contributed by atoms with Crippen molar-refractivity contribution < 1.29 is 50.9 Å². The molecule has 3 rings (SSSR count). The van der Waals surface area contributed by atoms with E-state index in [4.69, 9.17) is 24.5 Å². The smallest absolute Gasteiger partial charge is 0.475 e. The summed E-state index contributed by atoms with van der Waals surface area (Å²) in [5.74, 6) is -5.51. The van der Waals surface area contributed by atoms with Crippen molar-refractivity contribution in [1.82, 2.24) is 14.8 Å². The van der Waals surface area contributed by atoms with Crippen LogP contribution in [0.15, 0.2) is 24.4 Å². The Hall–Kier alpha value is -2.45. The minimum absolute atomic E-state index is 0.299. The number of hydrogen-bond acceptors (Lipinski definition) is 6. The van der Waals surface area contributed by atoms with Gasteiger partial charge in [-0.1, -0.05) is 6.07 Å². The van der Waals surface area contributed by atoms with Crippen LogP contribution < -0.4 is 0 Å². The second kappa shape index (κ2) is 13.7. The van der Waals surface area contributed by atoms with Crippen molar-refractivity contribution in [3.63, 3.8) is 0 Å². The van der Waals surface area contributed by atoms with E-state index >= 15 is 0 Å². The molecule has 1 spiro atoms. The molecular weight excluding hydrogens is 500 g/mol. The van der Waals surface area contributed by atoms with Gasteiger partial charge in [-0.05, 0) is 45.4 Å². The average Bonchev–Trinajstić information content (AvgIpc) is 2.97. The maximum Gasteiger partial charge on any atom is 0.490 e. The normalized spacial score (nSPS) is 21.6. The standard InChI is InChI=1S/C18H29N3O.2C2HF3O2/c1-16(2)21-10-11-22-15-18(14-21)7-5-9-20(13-18)12-17-6-3-4-8-19-17;2*3-2(4,5)1(6)7/h3-4,6,8,16H,5,7,9-15H2,1-2H3;2*(H,6,7). The van der Waals surface area contributed by atoms with Crippen molar-refractivity contribution in [2.45, 2.75) is 51.6 Å². The van der Waals surface area contributed by atoms with E-state index in [1.165, 1.54) is 31.6 Å². The van der Waals surface area contributed by atoms with E-state index in [0.717, 1.165) is 32.8 Å². The zero-order valence-electron chi connectivity index (χ0n) is 20.0. The number of ether oxygens (including phenoxy) is 1. The van der Waals surface area contributed by atoms with E-state index in [1.54, 1.807) is 0 Å². The van der Waals surface area contributed by atoms with Crippen molar-refractivity contribution >= 4 is 11.9 Å². The predicted molar refractivity (Wildman–Crippen MR) is 116 cm³/mol. The first-order valence-corrected chi connectivity index (χ1v) is 11.1. The van der Waals surface area contributed by atoms with Crippen LogP contribution in [0.4, 0.5) is 26.3 Å². The summed E-state index contributed by atoms with van der Waals surface area (Å²) in [4.78, 5) is 27.4. The summed E-state index contributed by atoms with van der Waals surface area (Å²) in [6, 6.07) is 6.80. The van der Waals surface area contributed by atoms with Crippen molar-refractivity contribution in [2.75, 3.05) is 39.4 Å². The number of nitrogens with zero attached hydrogens (tertiary/aromatic N) is 3. The van der Waals surface area contributed by atoms with Crippen molar-refractivity contribution in [2.24, 2.45) is 5.41 Å². The van der Waals surface area contributed by atoms with E-state index in [0.29, 0.717) is 11.5 Å². The molecule has 0 aliphatic carbocycles. The van der Waals surface area contributed by atoms with E-state index in [2.05, 4.69) is 40.8 Å². The highest BCUT2D eigenvalue weighted by atomic mass is 19.4. The molecular formula is C22H31F6N3O5. The quantitative estimate of drug-likeness (QED) is 0.570. The van der Waals surface area contributed by atoms with E-state index in [9.17, 15) is 26.3 Å². The van der Waals surface area contributed by atoms with Gasteiger partial charge in [-0.3, -0.25) is 14.8 Å². The molecule has 1 atom stereocenters. The molecule has 1 unspecified atom stereocenters. The van der Waals surface area contributed by atoms with Gasteiger partial charge in [0.2, 0.25) is 0 Å². The summed E-state index contributed by atoms with van der Waals surface area (Å²) in [5.41, 5.74) is 1.48. The van der Waals surface area contributed by atoms with Gasteiger partial charge in [0.05, 0.1) is 18.9 Å². The number of carboxylic acids is 2. The highest BCUT2D eigenvalue weighted by Crippen LogP contribution is 2.34. The topological polar surface area (TPSA) is 103 Å². The maximum atomic E-state index is 10.6. The molecule has 2 aliphatic heterocycles. The first-order valence-electron chi connectivity index (χ1n) is 11.1. The molecule has 0 aromatic carbocycles. The Morgan fingerprint density at radius 2 is 1.64 bits per heavy atom. The summed E-state index contributed by atoms with van der Waals surface area (Å²) in [6.07, 6.45) is -5.72. The molecule has 0 saturated carbocycles. The Morgan fingerprint density at radius 1 is 1.06 bits per heavy atom. The molecule has 0 amide bonds. The first-order chi connectivity index (χ1) is 16.6. The zero-order valence-corrected chi connectivity index (χ0v) is 20.0. The van der Waals surface area contributed by atoms with Crippen LogP contribution in [0, 0.1) is 5.41 Å². The lowest BCUT2D eigenvalue weighted by Gasteiger charge is -2.44. The molecule has 206 valence electrons. The molecule has 2 N–H and O–H groups in total. The van der Waals surface area contributed by atoms with Crippen LogP contribution in [-0.2, 0) is 20.9 Å². The van der Waals surface area contributed by atoms with Crippen molar-refractivity contribution in [3.05, 3.63) is 30.1 Å². The third kappa shape index (κ3) is 11.5. The van der Waals surface area contributed by atoms with Gasteiger partial charge in [-0.15, -0.1) is 0 Å². The molecule has 1 aromatic rings. The lowest BCUT2D eigenvalue weighted by molar-refractivity contribution is -0.193. The van der Waals surface area contributed by atoms with E-state index in [-0.39, 0.29) is 0 Å². The number of aromatic nitrogens is 1. The SMILES string of the molecule is CC(C)N1CCOCC2(CCCN(Cc3ccccn3)C2)C1.O=C(O)C(F)(F)F.O=C(O)C(F)(F)F.